The molecule has 7 heteroatoms. The van der Waals surface area contributed by atoms with Crippen LogP contribution in [0.25, 0.3) is 0 Å². The fraction of sp³-hybridized carbons (Fsp3) is 0.105. The Labute approximate surface area is 151 Å². The first-order valence-electron chi connectivity index (χ1n) is 8.01. The Morgan fingerprint density at radius 2 is 1.96 bits per heavy atom. The Morgan fingerprint density at radius 3 is 2.62 bits per heavy atom. The molecule has 0 saturated carbocycles. The molecular weight excluding hydrogens is 330 g/mol. The predicted molar refractivity (Wildman–Crippen MR) is 102 cm³/mol. The number of nitrogens with zero attached hydrogens (tertiary/aromatic N) is 3. The number of anilines is 2. The van der Waals surface area contributed by atoms with Gasteiger partial charge in [-0.1, -0.05) is 12.1 Å². The van der Waals surface area contributed by atoms with Crippen LogP contribution in [0.2, 0.25) is 0 Å². The number of amides is 1. The lowest BCUT2D eigenvalue weighted by atomic mass is 10.2. The molecule has 1 heterocycles. The summed E-state index contributed by atoms with van der Waals surface area (Å²) in [6.45, 7) is 3.32. The van der Waals surface area contributed by atoms with Gasteiger partial charge in [0, 0.05) is 18.2 Å². The Balaban J connectivity index is 1.79. The predicted octanol–water partition coefficient (Wildman–Crippen LogP) is 3.41. The first-order chi connectivity index (χ1) is 12.5. The van der Waals surface area contributed by atoms with Crippen LogP contribution < -0.4 is 15.8 Å². The van der Waals surface area contributed by atoms with E-state index in [0.29, 0.717) is 23.1 Å². The second-order valence-corrected chi connectivity index (χ2v) is 5.68. The molecule has 0 spiro atoms. The zero-order chi connectivity index (χ0) is 18.5. The van der Waals surface area contributed by atoms with Crippen LogP contribution in [0.1, 0.15) is 18.2 Å². The van der Waals surface area contributed by atoms with Crippen molar-refractivity contribution in [3.8, 4) is 11.5 Å². The highest BCUT2D eigenvalue weighted by Crippen LogP contribution is 2.25. The van der Waals surface area contributed by atoms with E-state index >= 15 is 0 Å². The minimum absolute atomic E-state index is 0.116. The molecule has 1 aromatic heterocycles. The highest BCUT2D eigenvalue weighted by molar-refractivity contribution is 5.88. The molecule has 26 heavy (non-hydrogen) atoms. The van der Waals surface area contributed by atoms with Crippen molar-refractivity contribution < 1.29 is 9.53 Å². The molecule has 0 aliphatic rings. The SMILES string of the molecule is CC(=O)Nc1ccc(Oc2ccccc2C=Nn2cc(C)nc2N)cc1. The average molecular weight is 349 g/mol. The van der Waals surface area contributed by atoms with Gasteiger partial charge in [-0.05, 0) is 43.3 Å². The maximum Gasteiger partial charge on any atom is 0.221 e. The summed E-state index contributed by atoms with van der Waals surface area (Å²) in [7, 11) is 0. The highest BCUT2D eigenvalue weighted by Gasteiger charge is 2.04. The van der Waals surface area contributed by atoms with Gasteiger partial charge in [0.2, 0.25) is 11.9 Å². The number of aryl methyl sites for hydroxylation is 1. The molecule has 0 fully saturated rings. The van der Waals surface area contributed by atoms with Gasteiger partial charge in [0.05, 0.1) is 18.1 Å². The van der Waals surface area contributed by atoms with Crippen molar-refractivity contribution in [2.45, 2.75) is 13.8 Å². The molecule has 3 N–H and O–H groups in total. The molecule has 3 rings (SSSR count). The van der Waals surface area contributed by atoms with Gasteiger partial charge in [-0.25, -0.2) is 9.66 Å². The van der Waals surface area contributed by atoms with Crippen molar-refractivity contribution >= 4 is 23.8 Å². The molecule has 0 unspecified atom stereocenters. The van der Waals surface area contributed by atoms with Crippen molar-refractivity contribution in [1.29, 1.82) is 0 Å². The Morgan fingerprint density at radius 1 is 1.23 bits per heavy atom. The fourth-order valence-electron chi connectivity index (χ4n) is 2.34. The number of para-hydroxylation sites is 1. The second-order valence-electron chi connectivity index (χ2n) is 5.68. The van der Waals surface area contributed by atoms with Crippen LogP contribution in [0.3, 0.4) is 0 Å². The van der Waals surface area contributed by atoms with E-state index in [1.807, 2.05) is 31.2 Å². The molecule has 1 amide bonds. The minimum atomic E-state index is -0.116. The van der Waals surface area contributed by atoms with E-state index in [0.717, 1.165) is 11.3 Å². The molecule has 0 aliphatic carbocycles. The monoisotopic (exact) mass is 349 g/mol. The van der Waals surface area contributed by atoms with E-state index < -0.39 is 0 Å². The number of aromatic nitrogens is 2. The molecule has 0 atom stereocenters. The van der Waals surface area contributed by atoms with Gasteiger partial charge >= 0.3 is 0 Å². The van der Waals surface area contributed by atoms with Gasteiger partial charge in [-0.2, -0.15) is 5.10 Å². The number of imidazole rings is 1. The molecule has 2 aromatic carbocycles. The zero-order valence-corrected chi connectivity index (χ0v) is 14.5. The normalized spacial score (nSPS) is 10.8. The van der Waals surface area contributed by atoms with E-state index in [4.69, 9.17) is 10.5 Å². The summed E-state index contributed by atoms with van der Waals surface area (Å²) >= 11 is 0. The van der Waals surface area contributed by atoms with Gasteiger partial charge in [0.1, 0.15) is 11.5 Å². The summed E-state index contributed by atoms with van der Waals surface area (Å²) in [5.41, 5.74) is 8.10. The van der Waals surface area contributed by atoms with Crippen molar-refractivity contribution in [3.05, 3.63) is 66.0 Å². The van der Waals surface area contributed by atoms with Crippen molar-refractivity contribution in [3.63, 3.8) is 0 Å². The van der Waals surface area contributed by atoms with Crippen LogP contribution in [0, 0.1) is 6.92 Å². The van der Waals surface area contributed by atoms with Crippen LogP contribution in [-0.4, -0.2) is 21.8 Å². The number of carbonyl (C=O) groups is 1. The Kier molecular flexibility index (Phi) is 4.98. The lowest BCUT2D eigenvalue weighted by molar-refractivity contribution is -0.114. The number of ether oxygens (including phenoxy) is 1. The van der Waals surface area contributed by atoms with Gasteiger partial charge in [0.15, 0.2) is 0 Å². The molecule has 0 bridgehead atoms. The lowest BCUT2D eigenvalue weighted by Crippen LogP contribution is -2.05. The summed E-state index contributed by atoms with van der Waals surface area (Å²) in [4.78, 5) is 15.2. The Hall–Kier alpha value is -3.61. The zero-order valence-electron chi connectivity index (χ0n) is 14.5. The second kappa shape index (κ2) is 7.52. The Bertz CT molecular complexity index is 945. The summed E-state index contributed by atoms with van der Waals surface area (Å²) in [5, 5.41) is 7.04. The maximum atomic E-state index is 11.1. The molecule has 132 valence electrons. The summed E-state index contributed by atoms with van der Waals surface area (Å²) < 4.78 is 7.44. The number of carbonyl (C=O) groups excluding carboxylic acids is 1. The number of nitrogen functional groups attached to an aromatic ring is 1. The summed E-state index contributed by atoms with van der Waals surface area (Å²) in [6.07, 6.45) is 3.41. The number of benzene rings is 2. The number of hydrogen-bond donors (Lipinski definition) is 2. The average Bonchev–Trinajstić information content (AvgIpc) is 2.93. The van der Waals surface area contributed by atoms with E-state index in [1.165, 1.54) is 11.6 Å². The quantitative estimate of drug-likeness (QED) is 0.690. The number of hydrogen-bond acceptors (Lipinski definition) is 5. The van der Waals surface area contributed by atoms with Crippen LogP contribution in [-0.2, 0) is 4.79 Å². The maximum absolute atomic E-state index is 11.1. The van der Waals surface area contributed by atoms with E-state index in [-0.39, 0.29) is 5.91 Å². The van der Waals surface area contributed by atoms with Crippen LogP contribution >= 0.6 is 0 Å². The smallest absolute Gasteiger partial charge is 0.221 e. The van der Waals surface area contributed by atoms with E-state index in [2.05, 4.69) is 15.4 Å². The molecular formula is C19H19N5O2. The van der Waals surface area contributed by atoms with Gasteiger partial charge in [-0.15, -0.1) is 0 Å². The van der Waals surface area contributed by atoms with Crippen LogP contribution in [0.5, 0.6) is 11.5 Å². The van der Waals surface area contributed by atoms with Gasteiger partial charge < -0.3 is 15.8 Å². The standard InChI is InChI=1S/C19H19N5O2/c1-13-12-24(19(20)22-13)21-11-15-5-3-4-6-18(15)26-17-9-7-16(8-10-17)23-14(2)25/h3-12H,1-2H3,(H2,20,22)(H,23,25). The van der Waals surface area contributed by atoms with Gasteiger partial charge in [-0.3, -0.25) is 4.79 Å². The molecule has 0 saturated heterocycles. The first-order valence-corrected chi connectivity index (χ1v) is 8.01. The van der Waals surface area contributed by atoms with Crippen LogP contribution in [0.15, 0.2) is 59.8 Å². The molecule has 3 aromatic rings. The van der Waals surface area contributed by atoms with Crippen molar-refractivity contribution in [1.82, 2.24) is 9.66 Å². The third kappa shape index (κ3) is 4.27. The largest absolute Gasteiger partial charge is 0.457 e. The van der Waals surface area contributed by atoms with Crippen LogP contribution in [0.4, 0.5) is 11.6 Å². The fourth-order valence-corrected chi connectivity index (χ4v) is 2.34. The van der Waals surface area contributed by atoms with Crippen molar-refractivity contribution in [2.75, 3.05) is 11.1 Å². The third-order valence-corrected chi connectivity index (χ3v) is 3.48. The minimum Gasteiger partial charge on any atom is -0.457 e. The summed E-state index contributed by atoms with van der Waals surface area (Å²) in [5.74, 6) is 1.51. The first kappa shape index (κ1) is 17.2. The molecule has 0 radical (unpaired) electrons. The molecule has 0 aliphatic heterocycles. The van der Waals surface area contributed by atoms with E-state index in [1.54, 1.807) is 36.7 Å². The third-order valence-electron chi connectivity index (χ3n) is 3.48. The van der Waals surface area contributed by atoms with Crippen molar-refractivity contribution in [2.24, 2.45) is 5.10 Å². The van der Waals surface area contributed by atoms with E-state index in [9.17, 15) is 4.79 Å². The highest BCUT2D eigenvalue weighted by atomic mass is 16.5. The number of nitrogens with two attached hydrogens (primary N) is 1. The number of rotatable bonds is 5. The number of nitrogens with one attached hydrogen (secondary N) is 1. The molecule has 7 nitrogen and oxygen atoms in total. The lowest BCUT2D eigenvalue weighted by Gasteiger charge is -2.09. The topological polar surface area (TPSA) is 94.5 Å². The van der Waals surface area contributed by atoms with Gasteiger partial charge in [0.25, 0.3) is 0 Å². The summed E-state index contributed by atoms with van der Waals surface area (Å²) in [6, 6.07) is 14.7.